The number of likely N-dealkylation sites (N-methyl/N-ethyl adjacent to an activating group) is 1. The van der Waals surface area contributed by atoms with Gasteiger partial charge in [0.2, 0.25) is 0 Å². The molecule has 1 aliphatic rings. The molecular weight excluding hydrogens is 442 g/mol. The fourth-order valence-electron chi connectivity index (χ4n) is 2.22. The Morgan fingerprint density at radius 1 is 1.38 bits per heavy atom. The molecule has 1 aliphatic heterocycles. The van der Waals surface area contributed by atoms with Gasteiger partial charge in [0.1, 0.15) is 4.32 Å². The average molecular weight is 460 g/mol. The van der Waals surface area contributed by atoms with Gasteiger partial charge in [0.15, 0.2) is 18.1 Å². The number of benzene rings is 1. The monoisotopic (exact) mass is 459 g/mol. The summed E-state index contributed by atoms with van der Waals surface area (Å²) in [6.07, 6.45) is 1.75. The molecule has 1 fully saturated rings. The number of hydrogen-bond donors (Lipinski definition) is 0. The number of carbonyl (C=O) groups is 2. The second-order valence-electron chi connectivity index (χ2n) is 5.05. The Morgan fingerprint density at radius 2 is 2.12 bits per heavy atom. The molecule has 2 rings (SSSR count). The Bertz CT molecular complexity index is 766. The van der Waals surface area contributed by atoms with E-state index in [1.54, 1.807) is 30.0 Å². The van der Waals surface area contributed by atoms with Crippen LogP contribution in [0.4, 0.5) is 0 Å². The van der Waals surface area contributed by atoms with Crippen molar-refractivity contribution in [3.8, 4) is 11.5 Å². The number of ether oxygens (including phenoxy) is 3. The van der Waals surface area contributed by atoms with Gasteiger partial charge in [-0.15, -0.1) is 0 Å². The molecule has 1 saturated heterocycles. The van der Waals surface area contributed by atoms with Crippen molar-refractivity contribution in [2.24, 2.45) is 0 Å². The van der Waals surface area contributed by atoms with E-state index in [0.29, 0.717) is 31.7 Å². The van der Waals surface area contributed by atoms with Crippen molar-refractivity contribution in [3.05, 3.63) is 27.1 Å². The van der Waals surface area contributed by atoms with Crippen LogP contribution < -0.4 is 9.47 Å². The number of nitrogens with zero attached hydrogens (tertiary/aromatic N) is 1. The van der Waals surface area contributed by atoms with Gasteiger partial charge in [-0.05, 0) is 53.5 Å². The van der Waals surface area contributed by atoms with E-state index in [0.717, 1.165) is 5.56 Å². The third kappa shape index (κ3) is 4.77. The lowest BCUT2D eigenvalue weighted by Gasteiger charge is -2.13. The van der Waals surface area contributed by atoms with Crippen molar-refractivity contribution >= 4 is 62.2 Å². The molecule has 1 amide bonds. The first-order valence-corrected chi connectivity index (χ1v) is 9.84. The summed E-state index contributed by atoms with van der Waals surface area (Å²) in [6.45, 7) is 4.20. The minimum Gasteiger partial charge on any atom is -0.493 e. The number of methoxy groups -OCH3 is 1. The van der Waals surface area contributed by atoms with E-state index in [4.69, 9.17) is 26.4 Å². The van der Waals surface area contributed by atoms with Crippen LogP contribution in [0.15, 0.2) is 21.5 Å². The van der Waals surface area contributed by atoms with Gasteiger partial charge in [0.25, 0.3) is 5.91 Å². The van der Waals surface area contributed by atoms with Gasteiger partial charge in [-0.1, -0.05) is 24.0 Å². The van der Waals surface area contributed by atoms with Crippen molar-refractivity contribution in [3.63, 3.8) is 0 Å². The fourth-order valence-corrected chi connectivity index (χ4v) is 4.18. The lowest BCUT2D eigenvalue weighted by molar-refractivity contribution is -0.145. The molecular formula is C17H18BrNO5S2. The molecule has 0 bridgehead atoms. The highest BCUT2D eigenvalue weighted by molar-refractivity contribution is 9.10. The standard InChI is InChI=1S/C17H18BrNO5S2/c1-4-19-16(21)13(26-17(19)25)8-10-6-11(18)15(12(7-10)22-3)24-9-14(20)23-5-2/h6-8H,4-5,9H2,1-3H3/b13-8+. The average Bonchev–Trinajstić information content (AvgIpc) is 2.86. The highest BCUT2D eigenvalue weighted by atomic mass is 79.9. The van der Waals surface area contributed by atoms with Crippen LogP contribution in [0.25, 0.3) is 6.08 Å². The number of halogens is 1. The molecule has 1 aromatic rings. The zero-order chi connectivity index (χ0) is 19.3. The van der Waals surface area contributed by atoms with Gasteiger partial charge in [-0.25, -0.2) is 4.79 Å². The molecule has 26 heavy (non-hydrogen) atoms. The van der Waals surface area contributed by atoms with Crippen LogP contribution in [0, 0.1) is 0 Å². The van der Waals surface area contributed by atoms with E-state index in [9.17, 15) is 9.59 Å². The Morgan fingerprint density at radius 3 is 2.69 bits per heavy atom. The Hall–Kier alpha value is -1.58. The maximum atomic E-state index is 12.3. The minimum atomic E-state index is -0.464. The number of thioether (sulfide) groups is 1. The number of esters is 1. The summed E-state index contributed by atoms with van der Waals surface area (Å²) in [6, 6.07) is 3.51. The van der Waals surface area contributed by atoms with Crippen molar-refractivity contribution in [1.29, 1.82) is 0 Å². The third-order valence-corrected chi connectivity index (χ3v) is 5.35. The fraction of sp³-hybridized carbons (Fsp3) is 0.353. The minimum absolute atomic E-state index is 0.111. The Kier molecular flexibility index (Phi) is 7.48. The predicted octanol–water partition coefficient (Wildman–Crippen LogP) is 3.62. The summed E-state index contributed by atoms with van der Waals surface area (Å²) >= 11 is 9.90. The topological polar surface area (TPSA) is 65.1 Å². The van der Waals surface area contributed by atoms with E-state index in [1.165, 1.54) is 18.9 Å². The van der Waals surface area contributed by atoms with Gasteiger partial charge in [0, 0.05) is 6.54 Å². The molecule has 1 heterocycles. The van der Waals surface area contributed by atoms with Crippen LogP contribution in [0.5, 0.6) is 11.5 Å². The van der Waals surface area contributed by atoms with Gasteiger partial charge in [-0.2, -0.15) is 0 Å². The van der Waals surface area contributed by atoms with Crippen LogP contribution in [-0.2, 0) is 14.3 Å². The van der Waals surface area contributed by atoms with Crippen LogP contribution >= 0.6 is 39.9 Å². The van der Waals surface area contributed by atoms with Gasteiger partial charge >= 0.3 is 5.97 Å². The summed E-state index contributed by atoms with van der Waals surface area (Å²) in [5.74, 6) is 0.244. The van der Waals surface area contributed by atoms with E-state index >= 15 is 0 Å². The molecule has 9 heteroatoms. The molecule has 0 saturated carbocycles. The number of hydrogen-bond acceptors (Lipinski definition) is 7. The number of thiocarbonyl (C=S) groups is 1. The van der Waals surface area contributed by atoms with Gasteiger partial charge < -0.3 is 14.2 Å². The van der Waals surface area contributed by atoms with Crippen molar-refractivity contribution in [1.82, 2.24) is 4.90 Å². The quantitative estimate of drug-likeness (QED) is 0.350. The van der Waals surface area contributed by atoms with Crippen molar-refractivity contribution < 1.29 is 23.8 Å². The number of carbonyl (C=O) groups excluding carboxylic acids is 2. The Balaban J connectivity index is 2.26. The highest BCUT2D eigenvalue weighted by Crippen LogP contribution is 2.39. The van der Waals surface area contributed by atoms with Crippen LogP contribution in [0.2, 0.25) is 0 Å². The van der Waals surface area contributed by atoms with Crippen molar-refractivity contribution in [2.45, 2.75) is 13.8 Å². The lowest BCUT2D eigenvalue weighted by Crippen LogP contribution is -2.27. The molecule has 0 aromatic heterocycles. The first-order valence-electron chi connectivity index (χ1n) is 7.82. The SMILES string of the molecule is CCOC(=O)COc1c(Br)cc(/C=C2/SC(=S)N(CC)C2=O)cc1OC. The summed E-state index contributed by atoms with van der Waals surface area (Å²) in [7, 11) is 1.50. The molecule has 1 aromatic carbocycles. The van der Waals surface area contributed by atoms with E-state index in [2.05, 4.69) is 15.9 Å². The first kappa shape index (κ1) is 20.7. The second-order valence-corrected chi connectivity index (χ2v) is 7.58. The molecule has 0 aliphatic carbocycles. The summed E-state index contributed by atoms with van der Waals surface area (Å²) < 4.78 is 16.8. The number of amides is 1. The predicted molar refractivity (Wildman–Crippen MR) is 108 cm³/mol. The van der Waals surface area contributed by atoms with Crippen LogP contribution in [-0.4, -0.2) is 48.0 Å². The molecule has 0 N–H and O–H groups in total. The van der Waals surface area contributed by atoms with Gasteiger partial charge in [-0.3, -0.25) is 9.69 Å². The summed E-state index contributed by atoms with van der Waals surface area (Å²) in [5.41, 5.74) is 0.744. The largest absolute Gasteiger partial charge is 0.493 e. The second kappa shape index (κ2) is 9.38. The third-order valence-electron chi connectivity index (χ3n) is 3.38. The first-order chi connectivity index (χ1) is 12.4. The normalized spacial score (nSPS) is 15.5. The van der Waals surface area contributed by atoms with Crippen LogP contribution in [0.3, 0.4) is 0 Å². The molecule has 0 unspecified atom stereocenters. The van der Waals surface area contributed by atoms with E-state index < -0.39 is 5.97 Å². The molecule has 0 atom stereocenters. The van der Waals surface area contributed by atoms with E-state index in [-0.39, 0.29) is 19.1 Å². The maximum absolute atomic E-state index is 12.3. The van der Waals surface area contributed by atoms with E-state index in [1.807, 2.05) is 6.92 Å². The number of rotatable bonds is 7. The maximum Gasteiger partial charge on any atom is 0.344 e. The summed E-state index contributed by atoms with van der Waals surface area (Å²) in [5, 5.41) is 0. The lowest BCUT2D eigenvalue weighted by atomic mass is 10.2. The Labute approximate surface area is 170 Å². The zero-order valence-electron chi connectivity index (χ0n) is 14.5. The van der Waals surface area contributed by atoms with Gasteiger partial charge in [0.05, 0.1) is 23.1 Å². The van der Waals surface area contributed by atoms with Crippen molar-refractivity contribution in [2.75, 3.05) is 26.9 Å². The highest BCUT2D eigenvalue weighted by Gasteiger charge is 2.30. The molecule has 6 nitrogen and oxygen atoms in total. The smallest absolute Gasteiger partial charge is 0.344 e. The summed E-state index contributed by atoms with van der Waals surface area (Å²) in [4.78, 5) is 25.9. The van der Waals surface area contributed by atoms with Crippen LogP contribution in [0.1, 0.15) is 19.4 Å². The molecule has 140 valence electrons. The molecule has 0 spiro atoms. The zero-order valence-corrected chi connectivity index (χ0v) is 17.8. The molecule has 0 radical (unpaired) electrons.